The Labute approximate surface area is 89.9 Å². The van der Waals surface area contributed by atoms with Gasteiger partial charge in [-0.1, -0.05) is 11.3 Å². The van der Waals surface area contributed by atoms with E-state index in [2.05, 4.69) is 15.5 Å². The number of nitrogen functional groups attached to an aromatic ring is 1. The second-order valence-electron chi connectivity index (χ2n) is 3.39. The van der Waals surface area contributed by atoms with Gasteiger partial charge in [0, 0.05) is 0 Å². The zero-order valence-electron chi connectivity index (χ0n) is 8.27. The molecule has 0 radical (unpaired) electrons. The van der Waals surface area contributed by atoms with Crippen LogP contribution in [0.5, 0.6) is 0 Å². The lowest BCUT2D eigenvalue weighted by atomic mass is 10.1. The molecule has 0 spiro atoms. The molecule has 0 fully saturated rings. The molecule has 1 aromatic rings. The molecule has 1 aromatic heterocycles. The van der Waals surface area contributed by atoms with Gasteiger partial charge in [0.1, 0.15) is 5.54 Å². The number of nitrogens with zero attached hydrogens (tertiary/aromatic N) is 2. The number of carbonyl (C=O) groups excluding carboxylic acids is 2. The van der Waals surface area contributed by atoms with Gasteiger partial charge in [0.15, 0.2) is 0 Å². The Balaban J connectivity index is 2.76. The minimum atomic E-state index is -1.13. The summed E-state index contributed by atoms with van der Waals surface area (Å²) in [6, 6.07) is 0. The lowest BCUT2D eigenvalue weighted by Gasteiger charge is -2.21. The Kier molecular flexibility index (Phi) is 2.89. The maximum absolute atomic E-state index is 11.5. The first kappa shape index (κ1) is 11.4. The van der Waals surface area contributed by atoms with Gasteiger partial charge in [-0.15, -0.1) is 10.2 Å². The van der Waals surface area contributed by atoms with Crippen LogP contribution >= 0.6 is 11.3 Å². The third-order valence-corrected chi connectivity index (χ3v) is 2.43. The van der Waals surface area contributed by atoms with Crippen molar-refractivity contribution in [2.24, 2.45) is 5.73 Å². The summed E-state index contributed by atoms with van der Waals surface area (Å²) in [5, 5.41) is 9.74. The van der Waals surface area contributed by atoms with Gasteiger partial charge in [0.25, 0.3) is 5.91 Å². The van der Waals surface area contributed by atoms with E-state index in [1.807, 2.05) is 0 Å². The molecule has 0 aliphatic carbocycles. The first-order valence-corrected chi connectivity index (χ1v) is 4.86. The average Bonchev–Trinajstić information content (AvgIpc) is 2.50. The van der Waals surface area contributed by atoms with E-state index in [-0.39, 0.29) is 10.1 Å². The van der Waals surface area contributed by atoms with Crippen molar-refractivity contribution in [3.63, 3.8) is 0 Å². The Morgan fingerprint density at radius 3 is 2.40 bits per heavy atom. The summed E-state index contributed by atoms with van der Waals surface area (Å²) in [7, 11) is 0. The molecule has 0 aromatic carbocycles. The molecular formula is C7H11N5O2S. The number of aromatic nitrogens is 2. The van der Waals surface area contributed by atoms with Crippen molar-refractivity contribution in [3.8, 4) is 0 Å². The van der Waals surface area contributed by atoms with Gasteiger partial charge in [-0.2, -0.15) is 0 Å². The predicted octanol–water partition coefficient (Wildman–Crippen LogP) is -0.886. The maximum atomic E-state index is 11.5. The molecule has 0 saturated heterocycles. The van der Waals surface area contributed by atoms with Crippen molar-refractivity contribution >= 4 is 28.3 Å². The largest absolute Gasteiger partial charge is 0.374 e. The maximum Gasteiger partial charge on any atom is 0.283 e. The summed E-state index contributed by atoms with van der Waals surface area (Å²) in [6.07, 6.45) is 0. The van der Waals surface area contributed by atoms with E-state index >= 15 is 0 Å². The fourth-order valence-corrected chi connectivity index (χ4v) is 1.23. The first-order valence-electron chi connectivity index (χ1n) is 4.04. The molecule has 0 atom stereocenters. The molecule has 0 aliphatic rings. The zero-order chi connectivity index (χ0) is 11.6. The predicted molar refractivity (Wildman–Crippen MR) is 55.1 cm³/mol. The fourth-order valence-electron chi connectivity index (χ4n) is 0.725. The molecule has 0 bridgehead atoms. The molecule has 0 saturated carbocycles. The summed E-state index contributed by atoms with van der Waals surface area (Å²) in [4.78, 5) is 22.5. The minimum Gasteiger partial charge on any atom is -0.374 e. The molecule has 15 heavy (non-hydrogen) atoms. The molecular weight excluding hydrogens is 218 g/mol. The lowest BCUT2D eigenvalue weighted by Crippen LogP contribution is -2.53. The van der Waals surface area contributed by atoms with Crippen molar-refractivity contribution in [2.45, 2.75) is 19.4 Å². The fraction of sp³-hybridized carbons (Fsp3) is 0.429. The van der Waals surface area contributed by atoms with Crippen molar-refractivity contribution in [2.75, 3.05) is 5.73 Å². The van der Waals surface area contributed by atoms with Gasteiger partial charge in [-0.05, 0) is 13.8 Å². The van der Waals surface area contributed by atoms with Crippen molar-refractivity contribution in [1.82, 2.24) is 15.5 Å². The van der Waals surface area contributed by atoms with Gasteiger partial charge in [0.05, 0.1) is 0 Å². The van der Waals surface area contributed by atoms with Crippen LogP contribution < -0.4 is 16.8 Å². The van der Waals surface area contributed by atoms with Gasteiger partial charge >= 0.3 is 0 Å². The number of hydrogen-bond acceptors (Lipinski definition) is 6. The zero-order valence-corrected chi connectivity index (χ0v) is 9.09. The topological polar surface area (TPSA) is 124 Å². The van der Waals surface area contributed by atoms with Crippen LogP contribution in [0.3, 0.4) is 0 Å². The molecule has 82 valence electrons. The number of amides is 2. The third-order valence-electron chi connectivity index (χ3n) is 1.68. The molecule has 8 heteroatoms. The molecule has 0 aliphatic heterocycles. The van der Waals surface area contributed by atoms with Gasteiger partial charge in [-0.3, -0.25) is 9.59 Å². The summed E-state index contributed by atoms with van der Waals surface area (Å²) in [5.41, 5.74) is 9.28. The van der Waals surface area contributed by atoms with Crippen LogP contribution in [-0.4, -0.2) is 27.6 Å². The standard InChI is InChI=1S/C7H11N5O2S/c1-7(2,5(8)14)10-3(13)4-11-12-6(9)15-4/h1-2H3,(H2,8,14)(H2,9,12)(H,10,13). The highest BCUT2D eigenvalue weighted by Gasteiger charge is 2.28. The van der Waals surface area contributed by atoms with Crippen LogP contribution in [0.2, 0.25) is 0 Å². The molecule has 5 N–H and O–H groups in total. The average molecular weight is 229 g/mol. The highest BCUT2D eigenvalue weighted by atomic mass is 32.1. The number of anilines is 1. The van der Waals surface area contributed by atoms with Crippen LogP contribution in [0.4, 0.5) is 5.13 Å². The Morgan fingerprint density at radius 1 is 1.40 bits per heavy atom. The van der Waals surface area contributed by atoms with E-state index < -0.39 is 17.4 Å². The van der Waals surface area contributed by atoms with Gasteiger partial charge in [-0.25, -0.2) is 0 Å². The van der Waals surface area contributed by atoms with Gasteiger partial charge in [0.2, 0.25) is 16.0 Å². The lowest BCUT2D eigenvalue weighted by molar-refractivity contribution is -0.122. The number of nitrogens with two attached hydrogens (primary N) is 2. The van der Waals surface area contributed by atoms with E-state index in [0.717, 1.165) is 11.3 Å². The highest BCUT2D eigenvalue weighted by Crippen LogP contribution is 2.12. The van der Waals surface area contributed by atoms with Crippen LogP contribution in [0.1, 0.15) is 23.6 Å². The van der Waals surface area contributed by atoms with E-state index in [1.54, 1.807) is 0 Å². The van der Waals surface area contributed by atoms with E-state index in [9.17, 15) is 9.59 Å². The second kappa shape index (κ2) is 3.81. The van der Waals surface area contributed by atoms with E-state index in [1.165, 1.54) is 13.8 Å². The Morgan fingerprint density at radius 2 is 2.00 bits per heavy atom. The van der Waals surface area contributed by atoms with E-state index in [4.69, 9.17) is 11.5 Å². The Hall–Kier alpha value is -1.70. The minimum absolute atomic E-state index is 0.0989. The van der Waals surface area contributed by atoms with Crippen molar-refractivity contribution in [3.05, 3.63) is 5.01 Å². The van der Waals surface area contributed by atoms with E-state index in [0.29, 0.717) is 0 Å². The quantitative estimate of drug-likeness (QED) is 0.620. The summed E-state index contributed by atoms with van der Waals surface area (Å²) < 4.78 is 0. The number of primary amides is 1. The summed E-state index contributed by atoms with van der Waals surface area (Å²) in [6.45, 7) is 3.00. The van der Waals surface area contributed by atoms with Gasteiger partial charge < -0.3 is 16.8 Å². The third kappa shape index (κ3) is 2.62. The van der Waals surface area contributed by atoms with Crippen LogP contribution in [0.25, 0.3) is 0 Å². The van der Waals surface area contributed by atoms with Crippen molar-refractivity contribution in [1.29, 1.82) is 0 Å². The van der Waals surface area contributed by atoms with Crippen LogP contribution in [0.15, 0.2) is 0 Å². The molecule has 2 amide bonds. The summed E-state index contributed by atoms with van der Waals surface area (Å²) in [5.74, 6) is -1.15. The number of carbonyl (C=O) groups is 2. The molecule has 0 unspecified atom stereocenters. The number of nitrogens with one attached hydrogen (secondary N) is 1. The van der Waals surface area contributed by atoms with Crippen LogP contribution in [-0.2, 0) is 4.79 Å². The molecule has 1 rings (SSSR count). The molecule has 7 nitrogen and oxygen atoms in total. The van der Waals surface area contributed by atoms with Crippen LogP contribution in [0, 0.1) is 0 Å². The SMILES string of the molecule is CC(C)(NC(=O)c1nnc(N)s1)C(N)=O. The first-order chi connectivity index (χ1) is 6.83. The number of hydrogen-bond donors (Lipinski definition) is 3. The van der Waals surface area contributed by atoms with Crippen molar-refractivity contribution < 1.29 is 9.59 Å². The normalized spacial score (nSPS) is 11.1. The summed E-state index contributed by atoms with van der Waals surface area (Å²) >= 11 is 0.940. The monoisotopic (exact) mass is 229 g/mol. The highest BCUT2D eigenvalue weighted by molar-refractivity contribution is 7.16. The number of rotatable bonds is 3. The smallest absolute Gasteiger partial charge is 0.283 e. The second-order valence-corrected chi connectivity index (χ2v) is 4.40. The molecule has 1 heterocycles. The Bertz CT molecular complexity index is 400.